The van der Waals surface area contributed by atoms with Gasteiger partial charge in [-0.3, -0.25) is 9.59 Å². The van der Waals surface area contributed by atoms with E-state index in [4.69, 9.17) is 16.3 Å². The van der Waals surface area contributed by atoms with Gasteiger partial charge < -0.3 is 14.8 Å². The van der Waals surface area contributed by atoms with Crippen LogP contribution in [0.3, 0.4) is 0 Å². The van der Waals surface area contributed by atoms with Crippen molar-refractivity contribution in [2.75, 3.05) is 17.3 Å². The highest BCUT2D eigenvalue weighted by molar-refractivity contribution is 6.53. The third kappa shape index (κ3) is 4.44. The van der Waals surface area contributed by atoms with Crippen LogP contribution in [0.25, 0.3) is 0 Å². The molecule has 1 aliphatic rings. The first-order valence-corrected chi connectivity index (χ1v) is 9.66. The summed E-state index contributed by atoms with van der Waals surface area (Å²) in [6.45, 7) is 3.38. The minimum Gasteiger partial charge on any atom is -0.465 e. The number of hydrogen-bond donors (Lipinski definition) is 1. The second-order valence-electron chi connectivity index (χ2n) is 6.80. The summed E-state index contributed by atoms with van der Waals surface area (Å²) in [6.07, 6.45) is -0.383. The van der Waals surface area contributed by atoms with E-state index in [9.17, 15) is 19.2 Å². The Hall–Kier alpha value is -3.65. The molecule has 0 radical (unpaired) electrons. The van der Waals surface area contributed by atoms with E-state index in [2.05, 4.69) is 10.1 Å². The van der Waals surface area contributed by atoms with Crippen molar-refractivity contribution in [3.63, 3.8) is 0 Å². The first-order valence-electron chi connectivity index (χ1n) is 9.28. The van der Waals surface area contributed by atoms with Gasteiger partial charge in [0.05, 0.1) is 30.0 Å². The molecule has 0 saturated heterocycles. The van der Waals surface area contributed by atoms with Gasteiger partial charge in [0.1, 0.15) is 10.7 Å². The maximum Gasteiger partial charge on any atom is 0.340 e. The van der Waals surface area contributed by atoms with Crippen LogP contribution in [0.2, 0.25) is 0 Å². The number of rotatable bonds is 6. The molecule has 2 aromatic carbocycles. The van der Waals surface area contributed by atoms with Gasteiger partial charge in [-0.15, -0.1) is 0 Å². The highest BCUT2D eigenvalue weighted by Crippen LogP contribution is 2.32. The monoisotopic (exact) mass is 442 g/mol. The van der Waals surface area contributed by atoms with Gasteiger partial charge in [-0.05, 0) is 44.2 Å². The first-order chi connectivity index (χ1) is 14.7. The standard InChI is InChI=1S/C22H19ClN2O6/c1-12(2)31-22(29)15-9-4-5-10-16(15)25-19(26)17(23)18(20(25)27)24-14-8-6-7-13(11-14)21(28)30-3/h4-12,24H,1-3H3. The Kier molecular flexibility index (Phi) is 6.41. The molecular weight excluding hydrogens is 424 g/mol. The van der Waals surface area contributed by atoms with Crippen LogP contribution < -0.4 is 10.2 Å². The molecule has 0 bridgehead atoms. The van der Waals surface area contributed by atoms with Gasteiger partial charge in [-0.25, -0.2) is 14.5 Å². The van der Waals surface area contributed by atoms with E-state index in [1.54, 1.807) is 38.1 Å². The molecule has 0 aromatic heterocycles. The van der Waals surface area contributed by atoms with Gasteiger partial charge in [0.2, 0.25) is 0 Å². The number of para-hydroxylation sites is 1. The van der Waals surface area contributed by atoms with E-state index >= 15 is 0 Å². The van der Waals surface area contributed by atoms with E-state index in [-0.39, 0.29) is 33.6 Å². The fourth-order valence-electron chi connectivity index (χ4n) is 2.94. The summed E-state index contributed by atoms with van der Waals surface area (Å²) in [5.41, 5.74) is 0.532. The lowest BCUT2D eigenvalue weighted by molar-refractivity contribution is -0.120. The molecule has 8 nitrogen and oxygen atoms in total. The maximum absolute atomic E-state index is 13.1. The summed E-state index contributed by atoms with van der Waals surface area (Å²) in [5, 5.41) is 2.44. The minimum absolute atomic E-state index is 0.0521. The number of imide groups is 1. The number of nitrogens with zero attached hydrogens (tertiary/aromatic N) is 1. The SMILES string of the molecule is COC(=O)c1cccc(NC2=C(Cl)C(=O)N(c3ccccc3C(=O)OC(C)C)C2=O)c1. The summed E-state index contributed by atoms with van der Waals surface area (Å²) in [6, 6.07) is 12.3. The molecule has 1 N–H and O–H groups in total. The number of ether oxygens (including phenoxy) is 2. The summed E-state index contributed by atoms with van der Waals surface area (Å²) in [7, 11) is 1.25. The maximum atomic E-state index is 13.1. The van der Waals surface area contributed by atoms with Crippen LogP contribution in [0.5, 0.6) is 0 Å². The average molecular weight is 443 g/mol. The predicted octanol–water partition coefficient (Wildman–Crippen LogP) is 3.47. The van der Waals surface area contributed by atoms with Gasteiger partial charge >= 0.3 is 11.9 Å². The van der Waals surface area contributed by atoms with E-state index < -0.39 is 23.8 Å². The van der Waals surface area contributed by atoms with Gasteiger partial charge in [0.25, 0.3) is 11.8 Å². The van der Waals surface area contributed by atoms with Crippen LogP contribution in [0.15, 0.2) is 59.3 Å². The zero-order valence-corrected chi connectivity index (χ0v) is 17.7. The molecule has 0 unspecified atom stereocenters. The number of halogens is 1. The first kappa shape index (κ1) is 22.0. The average Bonchev–Trinajstić information content (AvgIpc) is 2.96. The van der Waals surface area contributed by atoms with Gasteiger partial charge in [-0.1, -0.05) is 29.8 Å². The molecule has 1 heterocycles. The summed E-state index contributed by atoms with van der Waals surface area (Å²) >= 11 is 6.16. The summed E-state index contributed by atoms with van der Waals surface area (Å²) < 4.78 is 9.89. The van der Waals surface area contributed by atoms with Crippen molar-refractivity contribution in [2.45, 2.75) is 20.0 Å². The van der Waals surface area contributed by atoms with Crippen molar-refractivity contribution >= 4 is 46.7 Å². The van der Waals surface area contributed by atoms with Gasteiger partial charge in [0, 0.05) is 5.69 Å². The van der Waals surface area contributed by atoms with Crippen molar-refractivity contribution in [2.24, 2.45) is 0 Å². The lowest BCUT2D eigenvalue weighted by Crippen LogP contribution is -2.33. The van der Waals surface area contributed by atoms with Crippen LogP contribution in [0, 0.1) is 0 Å². The number of hydrogen-bond acceptors (Lipinski definition) is 7. The second-order valence-corrected chi connectivity index (χ2v) is 7.18. The van der Waals surface area contributed by atoms with E-state index in [1.165, 1.54) is 31.4 Å². The zero-order chi connectivity index (χ0) is 22.7. The van der Waals surface area contributed by atoms with Crippen molar-refractivity contribution in [3.8, 4) is 0 Å². The van der Waals surface area contributed by atoms with Crippen LogP contribution in [-0.2, 0) is 19.1 Å². The quantitative estimate of drug-likeness (QED) is 0.539. The highest BCUT2D eigenvalue weighted by Gasteiger charge is 2.40. The fourth-order valence-corrected chi connectivity index (χ4v) is 3.15. The fraction of sp³-hybridized carbons (Fsp3) is 0.182. The number of esters is 2. The van der Waals surface area contributed by atoms with E-state index in [0.717, 1.165) is 4.90 Å². The molecule has 0 atom stereocenters. The van der Waals surface area contributed by atoms with Crippen molar-refractivity contribution in [1.29, 1.82) is 0 Å². The molecule has 0 spiro atoms. The Labute approximate surface area is 183 Å². The van der Waals surface area contributed by atoms with Crippen molar-refractivity contribution < 1.29 is 28.7 Å². The molecule has 2 aromatic rings. The van der Waals surface area contributed by atoms with E-state index in [0.29, 0.717) is 5.69 Å². The molecule has 1 aliphatic heterocycles. The number of benzene rings is 2. The number of amides is 2. The topological polar surface area (TPSA) is 102 Å². The molecule has 0 aliphatic carbocycles. The number of carbonyl (C=O) groups excluding carboxylic acids is 4. The Morgan fingerprint density at radius 1 is 1.00 bits per heavy atom. The minimum atomic E-state index is -0.789. The van der Waals surface area contributed by atoms with Crippen molar-refractivity contribution in [3.05, 3.63) is 70.4 Å². The molecule has 0 saturated carbocycles. The molecule has 0 fully saturated rings. The summed E-state index contributed by atoms with van der Waals surface area (Å²) in [4.78, 5) is 50.8. The number of methoxy groups -OCH3 is 1. The van der Waals surface area contributed by atoms with Gasteiger partial charge in [-0.2, -0.15) is 0 Å². The Bertz CT molecular complexity index is 1110. The Balaban J connectivity index is 1.93. The Morgan fingerprint density at radius 2 is 1.71 bits per heavy atom. The second kappa shape index (κ2) is 9.01. The lowest BCUT2D eigenvalue weighted by Gasteiger charge is -2.19. The van der Waals surface area contributed by atoms with Crippen LogP contribution in [0.4, 0.5) is 11.4 Å². The predicted molar refractivity (Wildman–Crippen MR) is 114 cm³/mol. The third-order valence-corrected chi connectivity index (χ3v) is 4.64. The smallest absolute Gasteiger partial charge is 0.340 e. The largest absolute Gasteiger partial charge is 0.465 e. The molecule has 31 heavy (non-hydrogen) atoms. The van der Waals surface area contributed by atoms with Crippen LogP contribution >= 0.6 is 11.6 Å². The van der Waals surface area contributed by atoms with Crippen LogP contribution in [-0.4, -0.2) is 37.0 Å². The van der Waals surface area contributed by atoms with Crippen LogP contribution in [0.1, 0.15) is 34.6 Å². The van der Waals surface area contributed by atoms with E-state index in [1.807, 2.05) is 0 Å². The molecule has 2 amide bonds. The third-order valence-electron chi connectivity index (χ3n) is 4.29. The highest BCUT2D eigenvalue weighted by atomic mass is 35.5. The molecule has 9 heteroatoms. The number of anilines is 2. The summed E-state index contributed by atoms with van der Waals surface area (Å²) in [5.74, 6) is -2.77. The molecule has 3 rings (SSSR count). The molecular formula is C22H19ClN2O6. The molecule has 160 valence electrons. The lowest BCUT2D eigenvalue weighted by atomic mass is 10.1. The Morgan fingerprint density at radius 3 is 2.39 bits per heavy atom. The van der Waals surface area contributed by atoms with Gasteiger partial charge in [0.15, 0.2) is 0 Å². The zero-order valence-electron chi connectivity index (χ0n) is 17.0. The number of nitrogens with one attached hydrogen (secondary N) is 1. The number of carbonyl (C=O) groups is 4. The van der Waals surface area contributed by atoms with Crippen molar-refractivity contribution in [1.82, 2.24) is 0 Å². The normalized spacial score (nSPS) is 13.6.